The van der Waals surface area contributed by atoms with E-state index in [0.717, 1.165) is 12.1 Å². The lowest BCUT2D eigenvalue weighted by Gasteiger charge is -2.40. The molecule has 0 unspecified atom stereocenters. The maximum Gasteiger partial charge on any atom is 0.416 e. The van der Waals surface area contributed by atoms with Crippen LogP contribution >= 0.6 is 0 Å². The number of hydrogen-bond acceptors (Lipinski definition) is 2. The van der Waals surface area contributed by atoms with Crippen molar-refractivity contribution in [3.05, 3.63) is 35.1 Å². The van der Waals surface area contributed by atoms with Crippen molar-refractivity contribution < 1.29 is 17.6 Å². The smallest absolute Gasteiger partial charge is 0.319 e. The minimum atomic E-state index is -4.58. The van der Waals surface area contributed by atoms with Gasteiger partial charge in [0.25, 0.3) is 0 Å². The van der Waals surface area contributed by atoms with Crippen molar-refractivity contribution in [3.63, 3.8) is 0 Å². The molecule has 0 bridgehead atoms. The van der Waals surface area contributed by atoms with Crippen LogP contribution in [0.15, 0.2) is 18.2 Å². The molecule has 1 aliphatic rings. The molecule has 0 amide bonds. The summed E-state index contributed by atoms with van der Waals surface area (Å²) in [5, 5.41) is 2.81. The Labute approximate surface area is 89.4 Å². The third-order valence-corrected chi connectivity index (χ3v) is 2.70. The SMILES string of the molecule is NC1(c2ccc(F)cc2C(F)(F)F)CNC1. The van der Waals surface area contributed by atoms with Gasteiger partial charge in [-0.05, 0) is 17.7 Å². The molecule has 16 heavy (non-hydrogen) atoms. The van der Waals surface area contributed by atoms with Gasteiger partial charge in [0.15, 0.2) is 0 Å². The Morgan fingerprint density at radius 1 is 1.25 bits per heavy atom. The number of benzene rings is 1. The monoisotopic (exact) mass is 234 g/mol. The summed E-state index contributed by atoms with van der Waals surface area (Å²) in [7, 11) is 0. The summed E-state index contributed by atoms with van der Waals surface area (Å²) in [6.45, 7) is 0.531. The summed E-state index contributed by atoms with van der Waals surface area (Å²) < 4.78 is 50.9. The predicted molar refractivity (Wildman–Crippen MR) is 50.1 cm³/mol. The summed E-state index contributed by atoms with van der Waals surface area (Å²) in [5.41, 5.74) is 3.70. The van der Waals surface area contributed by atoms with Gasteiger partial charge in [0.1, 0.15) is 5.82 Å². The highest BCUT2D eigenvalue weighted by Crippen LogP contribution is 2.37. The fraction of sp³-hybridized carbons (Fsp3) is 0.400. The van der Waals surface area contributed by atoms with E-state index < -0.39 is 23.1 Å². The molecule has 1 aliphatic heterocycles. The summed E-state index contributed by atoms with van der Waals surface area (Å²) in [5.74, 6) is -0.910. The van der Waals surface area contributed by atoms with Crippen LogP contribution in [0.1, 0.15) is 11.1 Å². The fourth-order valence-electron chi connectivity index (χ4n) is 1.77. The topological polar surface area (TPSA) is 38.0 Å². The standard InChI is InChI=1S/C10H10F4N2/c11-6-1-2-7(9(15)4-16-5-9)8(3-6)10(12,13)14/h1-3,16H,4-5,15H2. The van der Waals surface area contributed by atoms with Crippen LogP contribution in [0.3, 0.4) is 0 Å². The van der Waals surface area contributed by atoms with Crippen molar-refractivity contribution >= 4 is 0 Å². The summed E-state index contributed by atoms with van der Waals surface area (Å²) in [6, 6.07) is 2.60. The lowest BCUT2D eigenvalue weighted by atomic mass is 9.82. The Kier molecular flexibility index (Phi) is 2.43. The summed E-state index contributed by atoms with van der Waals surface area (Å²) in [4.78, 5) is 0. The number of nitrogens with two attached hydrogens (primary N) is 1. The second-order valence-electron chi connectivity index (χ2n) is 3.95. The molecule has 0 aliphatic carbocycles. The Morgan fingerprint density at radius 3 is 2.31 bits per heavy atom. The number of nitrogens with one attached hydrogen (secondary N) is 1. The van der Waals surface area contributed by atoms with Crippen molar-refractivity contribution in [1.29, 1.82) is 0 Å². The maximum atomic E-state index is 12.8. The predicted octanol–water partition coefficient (Wildman–Crippen LogP) is 1.60. The van der Waals surface area contributed by atoms with Crippen LogP contribution in [-0.4, -0.2) is 13.1 Å². The first-order valence-electron chi connectivity index (χ1n) is 4.70. The highest BCUT2D eigenvalue weighted by Gasteiger charge is 2.43. The van der Waals surface area contributed by atoms with E-state index in [9.17, 15) is 17.6 Å². The normalized spacial score (nSPS) is 19.3. The van der Waals surface area contributed by atoms with Gasteiger partial charge in [-0.25, -0.2) is 4.39 Å². The van der Waals surface area contributed by atoms with Gasteiger partial charge in [0.05, 0.1) is 11.1 Å². The number of alkyl halides is 3. The zero-order valence-corrected chi connectivity index (χ0v) is 8.24. The van der Waals surface area contributed by atoms with Crippen molar-refractivity contribution in [3.8, 4) is 0 Å². The van der Waals surface area contributed by atoms with Crippen molar-refractivity contribution in [1.82, 2.24) is 5.32 Å². The fourth-order valence-corrected chi connectivity index (χ4v) is 1.77. The van der Waals surface area contributed by atoms with Crippen LogP contribution < -0.4 is 11.1 Å². The molecule has 6 heteroatoms. The molecule has 1 fully saturated rings. The van der Waals surface area contributed by atoms with E-state index in [0.29, 0.717) is 6.07 Å². The maximum absolute atomic E-state index is 12.8. The molecular weight excluding hydrogens is 224 g/mol. The van der Waals surface area contributed by atoms with Crippen molar-refractivity contribution in [2.75, 3.05) is 13.1 Å². The van der Waals surface area contributed by atoms with E-state index >= 15 is 0 Å². The minimum Gasteiger partial charge on any atom is -0.319 e. The molecule has 3 N–H and O–H groups in total. The van der Waals surface area contributed by atoms with Crippen LogP contribution in [-0.2, 0) is 11.7 Å². The molecular formula is C10H10F4N2. The Morgan fingerprint density at radius 2 is 1.88 bits per heavy atom. The first-order valence-corrected chi connectivity index (χ1v) is 4.70. The highest BCUT2D eigenvalue weighted by molar-refractivity contribution is 5.38. The molecule has 2 rings (SSSR count). The van der Waals surface area contributed by atoms with Crippen LogP contribution in [0.25, 0.3) is 0 Å². The van der Waals surface area contributed by atoms with E-state index in [1.165, 1.54) is 0 Å². The van der Waals surface area contributed by atoms with Crippen LogP contribution in [0.5, 0.6) is 0 Å². The van der Waals surface area contributed by atoms with E-state index in [-0.39, 0.29) is 18.7 Å². The highest BCUT2D eigenvalue weighted by atomic mass is 19.4. The molecule has 0 radical (unpaired) electrons. The van der Waals surface area contributed by atoms with Gasteiger partial charge in [0, 0.05) is 13.1 Å². The third-order valence-electron chi connectivity index (χ3n) is 2.70. The van der Waals surface area contributed by atoms with Crippen molar-refractivity contribution in [2.24, 2.45) is 5.73 Å². The van der Waals surface area contributed by atoms with Crippen molar-refractivity contribution in [2.45, 2.75) is 11.7 Å². The van der Waals surface area contributed by atoms with E-state index in [4.69, 9.17) is 5.73 Å². The van der Waals surface area contributed by atoms with Crippen LogP contribution in [0.4, 0.5) is 17.6 Å². The average molecular weight is 234 g/mol. The van der Waals surface area contributed by atoms with Gasteiger partial charge in [0.2, 0.25) is 0 Å². The van der Waals surface area contributed by atoms with Gasteiger partial charge in [-0.15, -0.1) is 0 Å². The molecule has 0 spiro atoms. The largest absolute Gasteiger partial charge is 0.416 e. The zero-order chi connectivity index (χ0) is 12.0. The number of halogens is 4. The molecule has 0 aromatic heterocycles. The molecule has 1 aromatic carbocycles. The van der Waals surface area contributed by atoms with Gasteiger partial charge < -0.3 is 11.1 Å². The molecule has 0 saturated carbocycles. The quantitative estimate of drug-likeness (QED) is 0.724. The van der Waals surface area contributed by atoms with Crippen LogP contribution in [0.2, 0.25) is 0 Å². The Bertz CT molecular complexity index is 410. The second-order valence-corrected chi connectivity index (χ2v) is 3.95. The molecule has 88 valence electrons. The molecule has 2 nitrogen and oxygen atoms in total. The van der Waals surface area contributed by atoms with E-state index in [2.05, 4.69) is 5.32 Å². The summed E-state index contributed by atoms with van der Waals surface area (Å²) >= 11 is 0. The number of hydrogen-bond donors (Lipinski definition) is 2. The number of rotatable bonds is 1. The lowest BCUT2D eigenvalue weighted by Crippen LogP contribution is -2.63. The third kappa shape index (κ3) is 1.78. The van der Waals surface area contributed by atoms with Crippen LogP contribution in [0, 0.1) is 5.82 Å². The first kappa shape index (κ1) is 11.3. The molecule has 1 saturated heterocycles. The van der Waals surface area contributed by atoms with Gasteiger partial charge >= 0.3 is 6.18 Å². The molecule has 1 heterocycles. The first-order chi connectivity index (χ1) is 7.33. The lowest BCUT2D eigenvalue weighted by molar-refractivity contribution is -0.139. The van der Waals surface area contributed by atoms with E-state index in [1.54, 1.807) is 0 Å². The Hall–Kier alpha value is -1.14. The molecule has 0 atom stereocenters. The minimum absolute atomic E-state index is 0.0554. The molecule has 1 aromatic rings. The van der Waals surface area contributed by atoms with Gasteiger partial charge in [-0.2, -0.15) is 13.2 Å². The van der Waals surface area contributed by atoms with E-state index in [1.807, 2.05) is 0 Å². The van der Waals surface area contributed by atoms with Gasteiger partial charge in [-0.3, -0.25) is 0 Å². The zero-order valence-electron chi connectivity index (χ0n) is 8.24. The average Bonchev–Trinajstić information content (AvgIpc) is 2.13. The summed E-state index contributed by atoms with van der Waals surface area (Å²) in [6.07, 6.45) is -4.58. The second kappa shape index (κ2) is 3.43. The Balaban J connectivity index is 2.52. The van der Waals surface area contributed by atoms with Gasteiger partial charge in [-0.1, -0.05) is 6.07 Å².